The first-order valence-electron chi connectivity index (χ1n) is 8.95. The molecule has 2 aliphatic rings. The maximum Gasteiger partial charge on any atom is 0.339 e. The van der Waals surface area contributed by atoms with Crippen molar-refractivity contribution in [3.8, 4) is 0 Å². The Morgan fingerprint density at radius 2 is 1.83 bits per heavy atom. The van der Waals surface area contributed by atoms with Crippen molar-refractivity contribution in [2.75, 3.05) is 13.2 Å². The lowest BCUT2D eigenvalue weighted by Gasteiger charge is -2.52. The van der Waals surface area contributed by atoms with Crippen molar-refractivity contribution in [2.45, 2.75) is 77.3 Å². The van der Waals surface area contributed by atoms with Gasteiger partial charge in [-0.15, -0.1) is 0 Å². The molecule has 0 aromatic heterocycles. The van der Waals surface area contributed by atoms with Crippen LogP contribution in [0.4, 0.5) is 0 Å². The summed E-state index contributed by atoms with van der Waals surface area (Å²) >= 11 is 0. The predicted octanol–water partition coefficient (Wildman–Crippen LogP) is 4.41. The van der Waals surface area contributed by atoms with Crippen LogP contribution in [0.2, 0.25) is 16.6 Å². The molecule has 1 aliphatic carbocycles. The Bertz CT molecular complexity index is 462. The smallest absolute Gasteiger partial charge is 0.339 e. The van der Waals surface area contributed by atoms with Crippen molar-refractivity contribution in [1.29, 1.82) is 0 Å². The molecule has 132 valence electrons. The minimum absolute atomic E-state index is 0.185. The fraction of sp³-hybridized carbons (Fsp3) is 0.833. The van der Waals surface area contributed by atoms with Gasteiger partial charge in [0, 0.05) is 5.92 Å². The molecule has 1 aliphatic heterocycles. The third-order valence-electron chi connectivity index (χ3n) is 5.51. The second-order valence-corrected chi connectivity index (χ2v) is 13.0. The van der Waals surface area contributed by atoms with Crippen LogP contribution < -0.4 is 0 Å². The van der Waals surface area contributed by atoms with E-state index in [1.807, 2.05) is 13.0 Å². The second-order valence-electron chi connectivity index (χ2n) is 7.63. The number of carbonyl (C=O) groups excluding carboxylic acids is 1. The van der Waals surface area contributed by atoms with E-state index in [2.05, 4.69) is 41.5 Å². The Balaban J connectivity index is 2.38. The molecule has 2 rings (SSSR count). The first kappa shape index (κ1) is 18.7. The summed E-state index contributed by atoms with van der Waals surface area (Å²) in [5, 5.41) is 0. The minimum atomic E-state index is -2.14. The molecule has 0 N–H and O–H groups in total. The lowest BCUT2D eigenvalue weighted by molar-refractivity contribution is -0.176. The van der Waals surface area contributed by atoms with Gasteiger partial charge in [0.2, 0.25) is 8.32 Å². The Morgan fingerprint density at radius 3 is 2.26 bits per heavy atom. The SMILES string of the molecule is CCOC(=O)C1=C[C@H]2CCO[C@@]12O[Si](C(C)C)(C(C)C)C(C)C. The number of fused-ring (bicyclic) bond motifs is 1. The summed E-state index contributed by atoms with van der Waals surface area (Å²) in [6, 6.07) is 0. The molecule has 5 heteroatoms. The Hall–Kier alpha value is -0.653. The third kappa shape index (κ3) is 2.81. The van der Waals surface area contributed by atoms with E-state index in [0.29, 0.717) is 35.4 Å². The zero-order valence-electron chi connectivity index (χ0n) is 15.6. The quantitative estimate of drug-likeness (QED) is 0.508. The zero-order valence-corrected chi connectivity index (χ0v) is 16.6. The molecule has 23 heavy (non-hydrogen) atoms. The first-order chi connectivity index (χ1) is 10.7. The molecule has 0 aromatic carbocycles. The molecule has 1 saturated heterocycles. The second kappa shape index (κ2) is 6.69. The van der Waals surface area contributed by atoms with Crippen molar-refractivity contribution >= 4 is 14.3 Å². The molecule has 4 nitrogen and oxygen atoms in total. The predicted molar refractivity (Wildman–Crippen MR) is 93.6 cm³/mol. The van der Waals surface area contributed by atoms with Gasteiger partial charge in [0.25, 0.3) is 0 Å². The summed E-state index contributed by atoms with van der Waals surface area (Å²) in [6.45, 7) is 16.3. The molecule has 1 heterocycles. The number of esters is 1. The summed E-state index contributed by atoms with van der Waals surface area (Å²) in [7, 11) is -2.14. The van der Waals surface area contributed by atoms with Crippen LogP contribution >= 0.6 is 0 Å². The summed E-state index contributed by atoms with van der Waals surface area (Å²) in [5.74, 6) is -0.952. The van der Waals surface area contributed by atoms with E-state index in [0.717, 1.165) is 6.42 Å². The molecule has 0 bridgehead atoms. The molecule has 0 unspecified atom stereocenters. The van der Waals surface area contributed by atoms with E-state index in [-0.39, 0.29) is 11.9 Å². The summed E-state index contributed by atoms with van der Waals surface area (Å²) < 4.78 is 18.2. The van der Waals surface area contributed by atoms with Crippen LogP contribution in [0, 0.1) is 5.92 Å². The zero-order chi connectivity index (χ0) is 17.4. The standard InChI is InChI=1S/C18H32O4Si/c1-8-20-17(19)16-11-15-9-10-21-18(15,16)22-23(12(2)3,13(4)5)14(6)7/h11-15H,8-10H2,1-7H3/t15-,18+/m1/s1. The number of hydrogen-bond acceptors (Lipinski definition) is 4. The van der Waals surface area contributed by atoms with Gasteiger partial charge in [-0.3, -0.25) is 0 Å². The van der Waals surface area contributed by atoms with E-state index in [1.54, 1.807) is 0 Å². The first-order valence-corrected chi connectivity index (χ1v) is 11.1. The Morgan fingerprint density at radius 1 is 1.26 bits per heavy atom. The molecule has 0 radical (unpaired) electrons. The van der Waals surface area contributed by atoms with Crippen LogP contribution in [0.15, 0.2) is 11.6 Å². The van der Waals surface area contributed by atoms with Gasteiger partial charge in [0.15, 0.2) is 5.79 Å². The topological polar surface area (TPSA) is 44.8 Å². The van der Waals surface area contributed by atoms with Crippen LogP contribution in [-0.4, -0.2) is 33.3 Å². The number of ether oxygens (including phenoxy) is 2. The third-order valence-corrected chi connectivity index (χ3v) is 11.6. The highest BCUT2D eigenvalue weighted by Gasteiger charge is 2.62. The van der Waals surface area contributed by atoms with Gasteiger partial charge in [-0.05, 0) is 30.0 Å². The van der Waals surface area contributed by atoms with E-state index >= 15 is 0 Å². The largest absolute Gasteiger partial charge is 0.462 e. The van der Waals surface area contributed by atoms with Gasteiger partial charge in [-0.25, -0.2) is 4.79 Å². The van der Waals surface area contributed by atoms with Crippen molar-refractivity contribution < 1.29 is 18.7 Å². The van der Waals surface area contributed by atoms with Crippen LogP contribution in [-0.2, 0) is 18.7 Å². The van der Waals surface area contributed by atoms with Gasteiger partial charge in [0.05, 0.1) is 18.8 Å². The molecule has 2 atom stereocenters. The number of rotatable bonds is 7. The molecule has 1 fully saturated rings. The van der Waals surface area contributed by atoms with E-state index in [1.165, 1.54) is 0 Å². The Kier molecular flexibility index (Phi) is 5.43. The highest BCUT2D eigenvalue weighted by Crippen LogP contribution is 2.55. The lowest BCUT2D eigenvalue weighted by Crippen LogP contribution is -2.60. The molecule has 0 amide bonds. The van der Waals surface area contributed by atoms with E-state index in [4.69, 9.17) is 13.9 Å². The monoisotopic (exact) mass is 340 g/mol. The van der Waals surface area contributed by atoms with Crippen molar-refractivity contribution in [3.05, 3.63) is 11.6 Å². The van der Waals surface area contributed by atoms with Gasteiger partial charge in [-0.2, -0.15) is 0 Å². The average Bonchev–Trinajstić information content (AvgIpc) is 2.72. The van der Waals surface area contributed by atoms with Gasteiger partial charge < -0.3 is 13.9 Å². The summed E-state index contributed by atoms with van der Waals surface area (Å²) in [6.07, 6.45) is 2.91. The molecular weight excluding hydrogens is 308 g/mol. The molecule has 0 saturated carbocycles. The van der Waals surface area contributed by atoms with Crippen LogP contribution in [0.3, 0.4) is 0 Å². The maximum absolute atomic E-state index is 12.3. The number of hydrogen-bond donors (Lipinski definition) is 0. The van der Waals surface area contributed by atoms with E-state index in [9.17, 15) is 4.79 Å². The highest BCUT2D eigenvalue weighted by molar-refractivity contribution is 6.77. The molecular formula is C18H32O4Si. The average molecular weight is 341 g/mol. The summed E-state index contributed by atoms with van der Waals surface area (Å²) in [5.41, 5.74) is 1.93. The fourth-order valence-electron chi connectivity index (χ4n) is 4.52. The van der Waals surface area contributed by atoms with Crippen LogP contribution in [0.5, 0.6) is 0 Å². The van der Waals surface area contributed by atoms with Crippen LogP contribution in [0.1, 0.15) is 54.9 Å². The maximum atomic E-state index is 12.3. The minimum Gasteiger partial charge on any atom is -0.462 e. The van der Waals surface area contributed by atoms with Crippen molar-refractivity contribution in [3.63, 3.8) is 0 Å². The lowest BCUT2D eigenvalue weighted by atomic mass is 9.79. The van der Waals surface area contributed by atoms with Crippen molar-refractivity contribution in [2.24, 2.45) is 5.92 Å². The van der Waals surface area contributed by atoms with Gasteiger partial charge in [-0.1, -0.05) is 47.6 Å². The van der Waals surface area contributed by atoms with Gasteiger partial charge in [0.1, 0.15) is 0 Å². The molecule has 0 aromatic rings. The van der Waals surface area contributed by atoms with E-state index < -0.39 is 14.1 Å². The van der Waals surface area contributed by atoms with Crippen molar-refractivity contribution in [1.82, 2.24) is 0 Å². The van der Waals surface area contributed by atoms with Crippen LogP contribution in [0.25, 0.3) is 0 Å². The Labute approximate surface area is 141 Å². The van der Waals surface area contributed by atoms with Gasteiger partial charge >= 0.3 is 5.97 Å². The molecule has 0 spiro atoms. The normalized spacial score (nSPS) is 27.2. The fourth-order valence-corrected chi connectivity index (χ4v) is 10.1. The summed E-state index contributed by atoms with van der Waals surface area (Å²) in [4.78, 5) is 12.3. The number of carbonyl (C=O) groups is 1. The highest BCUT2D eigenvalue weighted by atomic mass is 28.4.